The van der Waals surface area contributed by atoms with Crippen molar-refractivity contribution < 1.29 is 14.3 Å². The molecule has 1 aliphatic rings. The molecule has 0 unspecified atom stereocenters. The Morgan fingerprint density at radius 3 is 2.30 bits per heavy atom. The van der Waals surface area contributed by atoms with Gasteiger partial charge in [-0.05, 0) is 42.0 Å². The summed E-state index contributed by atoms with van der Waals surface area (Å²) in [6, 6.07) is 13.7. The van der Waals surface area contributed by atoms with Gasteiger partial charge in [-0.25, -0.2) is 0 Å². The highest BCUT2D eigenvalue weighted by Crippen LogP contribution is 2.35. The molecule has 1 heterocycles. The fraction of sp³-hybridized carbons (Fsp3) is 0.440. The zero-order valence-electron chi connectivity index (χ0n) is 18.6. The molecule has 0 spiro atoms. The topological polar surface area (TPSA) is 58.6 Å². The minimum atomic E-state index is -0.396. The van der Waals surface area contributed by atoms with Gasteiger partial charge in [0.15, 0.2) is 0 Å². The number of para-hydroxylation sites is 3. The molecule has 5 heteroatoms. The third-order valence-corrected chi connectivity index (χ3v) is 5.57. The van der Waals surface area contributed by atoms with Crippen molar-refractivity contribution in [2.45, 2.75) is 52.9 Å². The number of benzene rings is 2. The van der Waals surface area contributed by atoms with Crippen LogP contribution in [0.2, 0.25) is 0 Å². The molecular formula is C25H32N2O3. The van der Waals surface area contributed by atoms with Crippen LogP contribution in [0.4, 0.5) is 11.4 Å². The lowest BCUT2D eigenvalue weighted by molar-refractivity contribution is -0.122. The van der Waals surface area contributed by atoms with Crippen LogP contribution >= 0.6 is 0 Å². The Hall–Kier alpha value is -2.82. The molecule has 0 bridgehead atoms. The molecule has 1 fully saturated rings. The zero-order chi connectivity index (χ0) is 21.8. The van der Waals surface area contributed by atoms with Gasteiger partial charge < -0.3 is 15.0 Å². The highest BCUT2D eigenvalue weighted by Gasteiger charge is 2.36. The highest BCUT2D eigenvalue weighted by atomic mass is 16.5. The van der Waals surface area contributed by atoms with E-state index < -0.39 is 5.92 Å². The van der Waals surface area contributed by atoms with E-state index in [2.05, 4.69) is 45.1 Å². The summed E-state index contributed by atoms with van der Waals surface area (Å²) in [6.45, 7) is 11.3. The predicted octanol–water partition coefficient (Wildman–Crippen LogP) is 5.32. The van der Waals surface area contributed by atoms with Crippen LogP contribution in [0.15, 0.2) is 42.5 Å². The summed E-state index contributed by atoms with van der Waals surface area (Å²) in [4.78, 5) is 27.6. The lowest BCUT2D eigenvalue weighted by atomic mass is 9.92. The quantitative estimate of drug-likeness (QED) is 0.674. The second kappa shape index (κ2) is 9.33. The van der Waals surface area contributed by atoms with E-state index in [1.165, 1.54) is 0 Å². The van der Waals surface area contributed by atoms with Crippen molar-refractivity contribution in [3.8, 4) is 5.75 Å². The largest absolute Gasteiger partial charge is 0.492 e. The van der Waals surface area contributed by atoms with Gasteiger partial charge in [-0.1, -0.05) is 58.0 Å². The maximum atomic E-state index is 13.2. The minimum Gasteiger partial charge on any atom is -0.492 e. The zero-order valence-corrected chi connectivity index (χ0v) is 18.6. The number of hydrogen-bond acceptors (Lipinski definition) is 3. The summed E-state index contributed by atoms with van der Waals surface area (Å²) in [5.74, 6) is 0.699. The van der Waals surface area contributed by atoms with E-state index >= 15 is 0 Å². The van der Waals surface area contributed by atoms with Crippen molar-refractivity contribution in [3.63, 3.8) is 0 Å². The molecule has 5 nitrogen and oxygen atoms in total. The molecule has 1 saturated heterocycles. The first-order chi connectivity index (χ1) is 14.3. The first kappa shape index (κ1) is 21.9. The van der Waals surface area contributed by atoms with Gasteiger partial charge in [-0.15, -0.1) is 0 Å². The number of nitrogens with zero attached hydrogens (tertiary/aromatic N) is 1. The number of carbonyl (C=O) groups is 2. The van der Waals surface area contributed by atoms with Crippen LogP contribution in [0, 0.1) is 5.92 Å². The third kappa shape index (κ3) is 4.50. The van der Waals surface area contributed by atoms with Crippen molar-refractivity contribution in [2.24, 2.45) is 5.92 Å². The van der Waals surface area contributed by atoms with Crippen LogP contribution in [0.1, 0.15) is 64.0 Å². The summed E-state index contributed by atoms with van der Waals surface area (Å²) < 4.78 is 5.68. The SMILES string of the molecule is CCOc1ccccc1N1C[C@@H](C(=O)Nc2c(C(C)C)cccc2C(C)C)CC1=O. The van der Waals surface area contributed by atoms with E-state index in [1.54, 1.807) is 4.90 Å². The van der Waals surface area contributed by atoms with E-state index in [-0.39, 0.29) is 18.2 Å². The summed E-state index contributed by atoms with van der Waals surface area (Å²) in [6.07, 6.45) is 0.202. The molecule has 0 saturated carbocycles. The Balaban J connectivity index is 1.83. The molecular weight excluding hydrogens is 376 g/mol. The lowest BCUT2D eigenvalue weighted by Crippen LogP contribution is -2.29. The normalized spacial score (nSPS) is 16.4. The number of hydrogen-bond donors (Lipinski definition) is 1. The van der Waals surface area contributed by atoms with Crippen LogP contribution < -0.4 is 15.0 Å². The second-order valence-corrected chi connectivity index (χ2v) is 8.42. The summed E-state index contributed by atoms with van der Waals surface area (Å²) in [5.41, 5.74) is 3.87. The summed E-state index contributed by atoms with van der Waals surface area (Å²) >= 11 is 0. The maximum absolute atomic E-state index is 13.2. The van der Waals surface area contributed by atoms with Crippen LogP contribution in [0.5, 0.6) is 5.75 Å². The van der Waals surface area contributed by atoms with Crippen LogP contribution in [-0.2, 0) is 9.59 Å². The molecule has 0 radical (unpaired) electrons. The fourth-order valence-electron chi connectivity index (χ4n) is 3.99. The first-order valence-electron chi connectivity index (χ1n) is 10.8. The molecule has 30 heavy (non-hydrogen) atoms. The van der Waals surface area contributed by atoms with E-state index in [4.69, 9.17) is 4.74 Å². The number of amides is 2. The third-order valence-electron chi connectivity index (χ3n) is 5.57. The summed E-state index contributed by atoms with van der Waals surface area (Å²) in [7, 11) is 0. The average Bonchev–Trinajstić information content (AvgIpc) is 3.10. The van der Waals surface area contributed by atoms with Gasteiger partial charge in [-0.2, -0.15) is 0 Å². The molecule has 160 valence electrons. The number of anilines is 2. The lowest BCUT2D eigenvalue weighted by Gasteiger charge is -2.22. The highest BCUT2D eigenvalue weighted by molar-refractivity contribution is 6.04. The molecule has 0 aliphatic carbocycles. The van der Waals surface area contributed by atoms with Gasteiger partial charge in [-0.3, -0.25) is 9.59 Å². The van der Waals surface area contributed by atoms with Gasteiger partial charge in [0.05, 0.1) is 18.2 Å². The molecule has 2 aromatic carbocycles. The van der Waals surface area contributed by atoms with E-state index in [0.29, 0.717) is 30.7 Å². The molecule has 1 N–H and O–H groups in total. The van der Waals surface area contributed by atoms with Gasteiger partial charge >= 0.3 is 0 Å². The van der Waals surface area contributed by atoms with Crippen LogP contribution in [0.25, 0.3) is 0 Å². The van der Waals surface area contributed by atoms with Crippen LogP contribution in [0.3, 0.4) is 0 Å². The van der Waals surface area contributed by atoms with Crippen molar-refractivity contribution >= 4 is 23.2 Å². The van der Waals surface area contributed by atoms with Crippen LogP contribution in [-0.4, -0.2) is 25.0 Å². The Bertz CT molecular complexity index is 894. The number of rotatable bonds is 7. The van der Waals surface area contributed by atoms with Gasteiger partial charge in [0.2, 0.25) is 11.8 Å². The Kier molecular flexibility index (Phi) is 6.80. The smallest absolute Gasteiger partial charge is 0.229 e. The maximum Gasteiger partial charge on any atom is 0.229 e. The Morgan fingerprint density at radius 2 is 1.70 bits per heavy atom. The van der Waals surface area contributed by atoms with Crippen molar-refractivity contribution in [1.29, 1.82) is 0 Å². The second-order valence-electron chi connectivity index (χ2n) is 8.42. The van der Waals surface area contributed by atoms with Crippen molar-refractivity contribution in [2.75, 3.05) is 23.4 Å². The van der Waals surface area contributed by atoms with Crippen molar-refractivity contribution in [3.05, 3.63) is 53.6 Å². The standard InChI is InChI=1S/C25H32N2O3/c1-6-30-22-13-8-7-12-21(22)27-15-18(14-23(27)28)25(29)26-24-19(16(2)3)10-9-11-20(24)17(4)5/h7-13,16-18H,6,14-15H2,1-5H3,(H,26,29)/t18-/m0/s1. The Labute approximate surface area is 179 Å². The molecule has 0 aromatic heterocycles. The summed E-state index contributed by atoms with van der Waals surface area (Å²) in [5, 5.41) is 3.17. The van der Waals surface area contributed by atoms with E-state index in [1.807, 2.05) is 37.3 Å². The van der Waals surface area contributed by atoms with Gasteiger partial charge in [0, 0.05) is 18.7 Å². The molecule has 3 rings (SSSR count). The fourth-order valence-corrected chi connectivity index (χ4v) is 3.99. The molecule has 1 atom stereocenters. The number of ether oxygens (including phenoxy) is 1. The molecule has 2 amide bonds. The van der Waals surface area contributed by atoms with Gasteiger partial charge in [0.25, 0.3) is 0 Å². The molecule has 1 aliphatic heterocycles. The number of carbonyl (C=O) groups excluding carboxylic acids is 2. The molecule has 2 aromatic rings. The first-order valence-corrected chi connectivity index (χ1v) is 10.8. The Morgan fingerprint density at radius 1 is 1.07 bits per heavy atom. The monoisotopic (exact) mass is 408 g/mol. The number of nitrogens with one attached hydrogen (secondary N) is 1. The average molecular weight is 409 g/mol. The predicted molar refractivity (Wildman–Crippen MR) is 121 cm³/mol. The van der Waals surface area contributed by atoms with Gasteiger partial charge in [0.1, 0.15) is 5.75 Å². The van der Waals surface area contributed by atoms with E-state index in [0.717, 1.165) is 22.5 Å². The van der Waals surface area contributed by atoms with E-state index in [9.17, 15) is 9.59 Å². The van der Waals surface area contributed by atoms with Crippen molar-refractivity contribution in [1.82, 2.24) is 0 Å². The minimum absolute atomic E-state index is 0.0523.